The lowest BCUT2D eigenvalue weighted by Gasteiger charge is -2.28. The van der Waals surface area contributed by atoms with Crippen LogP contribution < -0.4 is 4.74 Å². The molecular weight excluding hydrogens is 357 g/mol. The van der Waals surface area contributed by atoms with Crippen LogP contribution in [-0.4, -0.2) is 60.0 Å². The second-order valence-corrected chi connectivity index (χ2v) is 7.59. The van der Waals surface area contributed by atoms with Crippen molar-refractivity contribution < 1.29 is 13.9 Å². The maximum Gasteiger partial charge on any atom is 0.257 e. The zero-order valence-electron chi connectivity index (χ0n) is 16.2. The number of hydrogen-bond donors (Lipinski definition) is 0. The monoisotopic (exact) mass is 383 g/mol. The molecule has 2 aliphatic rings. The van der Waals surface area contributed by atoms with Crippen molar-refractivity contribution in [2.75, 3.05) is 33.3 Å². The number of methoxy groups -OCH3 is 1. The van der Waals surface area contributed by atoms with Crippen LogP contribution in [0.4, 0.5) is 4.39 Å². The number of hydrogen-bond acceptors (Lipinski definition) is 4. The minimum Gasteiger partial charge on any atom is -0.481 e. The summed E-state index contributed by atoms with van der Waals surface area (Å²) in [6.07, 6.45) is 6.09. The lowest BCUT2D eigenvalue weighted by Crippen LogP contribution is -2.42. The molecule has 0 spiro atoms. The van der Waals surface area contributed by atoms with Crippen molar-refractivity contribution in [3.8, 4) is 17.0 Å². The Balaban J connectivity index is 1.50. The Morgan fingerprint density at radius 3 is 2.61 bits per heavy atom. The van der Waals surface area contributed by atoms with Crippen molar-refractivity contribution in [2.45, 2.75) is 31.7 Å². The molecule has 5 nitrogen and oxygen atoms in total. The average Bonchev–Trinajstić information content (AvgIpc) is 3.40. The number of pyridine rings is 1. The standard InChI is InChI=1S/C22H26FN3O2/c1-28-21-9-7-17(14-24-21)16-6-8-19(20(23)13-16)22(27)26-12-4-5-18(26)15-25-10-2-3-11-25/h6-9,13-14,18H,2-5,10-12,15H2,1H3. The van der Waals surface area contributed by atoms with Crippen LogP contribution >= 0.6 is 0 Å². The van der Waals surface area contributed by atoms with Gasteiger partial charge in [0.15, 0.2) is 0 Å². The van der Waals surface area contributed by atoms with E-state index in [1.165, 1.54) is 18.9 Å². The largest absolute Gasteiger partial charge is 0.481 e. The van der Waals surface area contributed by atoms with E-state index in [2.05, 4.69) is 9.88 Å². The fraction of sp³-hybridized carbons (Fsp3) is 0.455. The topological polar surface area (TPSA) is 45.7 Å². The van der Waals surface area contributed by atoms with Crippen molar-refractivity contribution >= 4 is 5.91 Å². The number of carbonyl (C=O) groups is 1. The summed E-state index contributed by atoms with van der Waals surface area (Å²) in [5, 5.41) is 0. The van der Waals surface area contributed by atoms with Crippen LogP contribution in [0.1, 0.15) is 36.0 Å². The highest BCUT2D eigenvalue weighted by Crippen LogP contribution is 2.26. The van der Waals surface area contributed by atoms with Crippen LogP contribution in [0.5, 0.6) is 5.88 Å². The van der Waals surface area contributed by atoms with Gasteiger partial charge in [-0.15, -0.1) is 0 Å². The van der Waals surface area contributed by atoms with Gasteiger partial charge in [0.1, 0.15) is 5.82 Å². The first-order valence-electron chi connectivity index (χ1n) is 9.99. The van der Waals surface area contributed by atoms with Crippen molar-refractivity contribution in [1.82, 2.24) is 14.8 Å². The summed E-state index contributed by atoms with van der Waals surface area (Å²) in [5.74, 6) is -0.169. The van der Waals surface area contributed by atoms with Crippen molar-refractivity contribution in [3.05, 3.63) is 47.9 Å². The fourth-order valence-electron chi connectivity index (χ4n) is 4.25. The average molecular weight is 383 g/mol. The maximum absolute atomic E-state index is 14.8. The van der Waals surface area contributed by atoms with Gasteiger partial charge in [0, 0.05) is 37.0 Å². The molecule has 148 valence electrons. The van der Waals surface area contributed by atoms with Gasteiger partial charge in [-0.1, -0.05) is 6.07 Å². The number of ether oxygens (including phenoxy) is 1. The Labute approximate surface area is 165 Å². The van der Waals surface area contributed by atoms with E-state index in [4.69, 9.17) is 4.74 Å². The van der Waals surface area contributed by atoms with Gasteiger partial charge in [0.25, 0.3) is 5.91 Å². The molecule has 2 fully saturated rings. The van der Waals surface area contributed by atoms with Crippen molar-refractivity contribution in [2.24, 2.45) is 0 Å². The third kappa shape index (κ3) is 3.87. The van der Waals surface area contributed by atoms with E-state index in [9.17, 15) is 9.18 Å². The highest BCUT2D eigenvalue weighted by Gasteiger charge is 2.32. The number of amides is 1. The zero-order valence-corrected chi connectivity index (χ0v) is 16.2. The molecule has 2 saturated heterocycles. The molecule has 1 amide bonds. The molecule has 1 aromatic carbocycles. The van der Waals surface area contributed by atoms with Crippen LogP contribution in [0, 0.1) is 5.82 Å². The minimum atomic E-state index is -0.481. The number of carbonyl (C=O) groups excluding carboxylic acids is 1. The Morgan fingerprint density at radius 2 is 1.93 bits per heavy atom. The predicted molar refractivity (Wildman–Crippen MR) is 106 cm³/mol. The van der Waals surface area contributed by atoms with Crippen molar-refractivity contribution in [1.29, 1.82) is 0 Å². The zero-order chi connectivity index (χ0) is 19.5. The number of rotatable bonds is 5. The molecule has 0 saturated carbocycles. The molecule has 6 heteroatoms. The van der Waals surface area contributed by atoms with Gasteiger partial charge in [-0.3, -0.25) is 4.79 Å². The predicted octanol–water partition coefficient (Wildman–Crippen LogP) is 3.60. The molecule has 0 radical (unpaired) electrons. The number of likely N-dealkylation sites (tertiary alicyclic amines) is 2. The van der Waals surface area contributed by atoms with Gasteiger partial charge >= 0.3 is 0 Å². The number of halogens is 1. The third-order valence-electron chi connectivity index (χ3n) is 5.78. The second kappa shape index (κ2) is 8.27. The van der Waals surface area contributed by atoms with E-state index < -0.39 is 5.82 Å². The Kier molecular flexibility index (Phi) is 5.57. The molecule has 4 rings (SSSR count). The summed E-state index contributed by atoms with van der Waals surface area (Å²) >= 11 is 0. The van der Waals surface area contributed by atoms with Crippen LogP contribution in [-0.2, 0) is 0 Å². The number of nitrogens with zero attached hydrogens (tertiary/aromatic N) is 3. The van der Waals surface area contributed by atoms with E-state index in [1.54, 1.807) is 31.5 Å². The summed E-state index contributed by atoms with van der Waals surface area (Å²) in [5.41, 5.74) is 1.63. The molecular formula is C22H26FN3O2. The Morgan fingerprint density at radius 1 is 1.14 bits per heavy atom. The fourth-order valence-corrected chi connectivity index (χ4v) is 4.25. The molecule has 2 aliphatic heterocycles. The van der Waals surface area contributed by atoms with Crippen LogP contribution in [0.2, 0.25) is 0 Å². The molecule has 28 heavy (non-hydrogen) atoms. The van der Waals surface area contributed by atoms with Crippen molar-refractivity contribution in [3.63, 3.8) is 0 Å². The lowest BCUT2D eigenvalue weighted by molar-refractivity contribution is 0.0704. The van der Waals surface area contributed by atoms with E-state index in [-0.39, 0.29) is 17.5 Å². The van der Waals surface area contributed by atoms with E-state index in [0.29, 0.717) is 18.0 Å². The van der Waals surface area contributed by atoms with Gasteiger partial charge in [0.2, 0.25) is 5.88 Å². The normalized spacial score (nSPS) is 19.9. The van der Waals surface area contributed by atoms with Gasteiger partial charge in [-0.25, -0.2) is 9.37 Å². The SMILES string of the molecule is COc1ccc(-c2ccc(C(=O)N3CCCC3CN3CCCC3)c(F)c2)cn1. The summed E-state index contributed by atoms with van der Waals surface area (Å²) < 4.78 is 19.9. The first kappa shape index (κ1) is 18.9. The number of aromatic nitrogens is 1. The van der Waals surface area contributed by atoms with Crippen LogP contribution in [0.15, 0.2) is 36.5 Å². The highest BCUT2D eigenvalue weighted by molar-refractivity contribution is 5.95. The minimum absolute atomic E-state index is 0.151. The van der Waals surface area contributed by atoms with Crippen LogP contribution in [0.25, 0.3) is 11.1 Å². The summed E-state index contributed by atoms with van der Waals surface area (Å²) in [6, 6.07) is 8.56. The molecule has 1 atom stereocenters. The summed E-state index contributed by atoms with van der Waals surface area (Å²) in [7, 11) is 1.55. The van der Waals surface area contributed by atoms with Crippen LogP contribution in [0.3, 0.4) is 0 Å². The third-order valence-corrected chi connectivity index (χ3v) is 5.78. The lowest BCUT2D eigenvalue weighted by atomic mass is 10.0. The maximum atomic E-state index is 14.8. The molecule has 1 aromatic heterocycles. The molecule has 0 bridgehead atoms. The first-order chi connectivity index (χ1) is 13.7. The van der Waals surface area contributed by atoms with E-state index in [1.807, 2.05) is 11.0 Å². The van der Waals surface area contributed by atoms with Gasteiger partial charge < -0.3 is 14.5 Å². The van der Waals surface area contributed by atoms with E-state index in [0.717, 1.165) is 38.0 Å². The molecule has 0 aliphatic carbocycles. The highest BCUT2D eigenvalue weighted by atomic mass is 19.1. The Bertz CT molecular complexity index is 834. The second-order valence-electron chi connectivity index (χ2n) is 7.59. The van der Waals surface area contributed by atoms with Gasteiger partial charge in [-0.05, 0) is 62.5 Å². The Hall–Kier alpha value is -2.47. The molecule has 3 heterocycles. The van der Waals surface area contributed by atoms with Gasteiger partial charge in [-0.2, -0.15) is 0 Å². The van der Waals surface area contributed by atoms with E-state index >= 15 is 0 Å². The molecule has 2 aromatic rings. The first-order valence-corrected chi connectivity index (χ1v) is 9.99. The quantitative estimate of drug-likeness (QED) is 0.792. The van der Waals surface area contributed by atoms with Gasteiger partial charge in [0.05, 0.1) is 12.7 Å². The smallest absolute Gasteiger partial charge is 0.257 e. The number of benzene rings is 1. The molecule has 0 N–H and O–H groups in total. The molecule has 1 unspecified atom stereocenters. The summed E-state index contributed by atoms with van der Waals surface area (Å²) in [4.78, 5) is 21.5. The summed E-state index contributed by atoms with van der Waals surface area (Å²) in [6.45, 7) is 3.83.